The third kappa shape index (κ3) is 4.16. The Morgan fingerprint density at radius 1 is 1.24 bits per heavy atom. The van der Waals surface area contributed by atoms with E-state index in [0.29, 0.717) is 30.6 Å². The van der Waals surface area contributed by atoms with E-state index in [-0.39, 0.29) is 22.2 Å². The second kappa shape index (κ2) is 8.02. The van der Waals surface area contributed by atoms with Gasteiger partial charge in [0.15, 0.2) is 0 Å². The fourth-order valence-electron chi connectivity index (χ4n) is 3.45. The van der Waals surface area contributed by atoms with Crippen LogP contribution >= 0.6 is 27.3 Å². The standard InChI is InChI=1S/C19H18BrN3O4S2/c20-15-7-8-17(28-15)29(26,27)23-9-3-5-13(11-23)18(24)21-16-10-12-4-1-2-6-14(12)19(25)22-16/h1-2,4,6-8,10,13H,3,5,9,11H2,(H2,21,22,24,25)/t13-/m1/s1. The van der Waals surface area contributed by atoms with E-state index in [4.69, 9.17) is 0 Å². The monoisotopic (exact) mass is 495 g/mol. The maximum absolute atomic E-state index is 12.9. The quantitative estimate of drug-likeness (QED) is 0.579. The minimum atomic E-state index is -3.63. The normalized spacial score (nSPS) is 18.0. The third-order valence-corrected chi connectivity index (χ3v) is 8.87. The van der Waals surface area contributed by atoms with Gasteiger partial charge in [-0.05, 0) is 58.4 Å². The van der Waals surface area contributed by atoms with E-state index in [1.165, 1.54) is 4.31 Å². The number of pyridine rings is 1. The molecule has 0 unspecified atom stereocenters. The number of thiophene rings is 1. The number of H-pyrrole nitrogens is 1. The SMILES string of the molecule is O=C(Nc1cc2ccccc2c(=O)[nH]1)[C@@H]1CCCN(S(=O)(=O)c2ccc(Br)s2)C1. The van der Waals surface area contributed by atoms with Gasteiger partial charge in [-0.3, -0.25) is 9.59 Å². The number of aromatic nitrogens is 1. The van der Waals surface area contributed by atoms with Gasteiger partial charge in [0.1, 0.15) is 10.0 Å². The third-order valence-electron chi connectivity index (χ3n) is 4.91. The maximum Gasteiger partial charge on any atom is 0.257 e. The molecule has 0 saturated carbocycles. The Hall–Kier alpha value is -2.01. The number of anilines is 1. The van der Waals surface area contributed by atoms with Gasteiger partial charge in [-0.1, -0.05) is 18.2 Å². The summed E-state index contributed by atoms with van der Waals surface area (Å²) in [6, 6.07) is 12.1. The highest BCUT2D eigenvalue weighted by molar-refractivity contribution is 9.11. The summed E-state index contributed by atoms with van der Waals surface area (Å²) in [5.41, 5.74) is -0.283. The number of fused-ring (bicyclic) bond motifs is 1. The van der Waals surface area contributed by atoms with Crippen LogP contribution in [0.1, 0.15) is 12.8 Å². The van der Waals surface area contributed by atoms with E-state index >= 15 is 0 Å². The molecule has 1 fully saturated rings. The number of rotatable bonds is 4. The lowest BCUT2D eigenvalue weighted by Gasteiger charge is -2.30. The topological polar surface area (TPSA) is 99.3 Å². The molecule has 29 heavy (non-hydrogen) atoms. The van der Waals surface area contributed by atoms with Crippen LogP contribution in [0.5, 0.6) is 0 Å². The average molecular weight is 496 g/mol. The molecule has 3 aromatic rings. The van der Waals surface area contributed by atoms with E-state index in [1.807, 2.05) is 6.07 Å². The van der Waals surface area contributed by atoms with Gasteiger partial charge >= 0.3 is 0 Å². The van der Waals surface area contributed by atoms with Gasteiger partial charge in [0.2, 0.25) is 5.91 Å². The predicted octanol–water partition coefficient (Wildman–Crippen LogP) is 3.39. The molecule has 1 aliphatic heterocycles. The highest BCUT2D eigenvalue weighted by atomic mass is 79.9. The van der Waals surface area contributed by atoms with Crippen molar-refractivity contribution in [2.24, 2.45) is 5.92 Å². The van der Waals surface area contributed by atoms with Crippen LogP contribution in [-0.4, -0.2) is 36.7 Å². The summed E-state index contributed by atoms with van der Waals surface area (Å²) >= 11 is 4.44. The average Bonchev–Trinajstić information content (AvgIpc) is 3.15. The summed E-state index contributed by atoms with van der Waals surface area (Å²) in [6.07, 6.45) is 1.18. The van der Waals surface area contributed by atoms with Crippen molar-refractivity contribution in [3.63, 3.8) is 0 Å². The zero-order chi connectivity index (χ0) is 20.6. The number of hydrogen-bond acceptors (Lipinski definition) is 5. The number of nitrogens with one attached hydrogen (secondary N) is 2. The number of carbonyl (C=O) groups is 1. The van der Waals surface area contributed by atoms with Crippen molar-refractivity contribution >= 4 is 59.8 Å². The Labute approximate surface area is 179 Å². The van der Waals surface area contributed by atoms with Crippen LogP contribution in [0.3, 0.4) is 0 Å². The van der Waals surface area contributed by atoms with Crippen LogP contribution in [-0.2, 0) is 14.8 Å². The van der Waals surface area contributed by atoms with Gasteiger partial charge in [0.25, 0.3) is 15.6 Å². The van der Waals surface area contributed by atoms with Crippen LogP contribution in [0.2, 0.25) is 0 Å². The first-order chi connectivity index (χ1) is 13.8. The van der Waals surface area contributed by atoms with Crippen molar-refractivity contribution in [2.75, 3.05) is 18.4 Å². The van der Waals surface area contributed by atoms with Crippen molar-refractivity contribution in [2.45, 2.75) is 17.1 Å². The Balaban J connectivity index is 1.51. The smallest absolute Gasteiger partial charge is 0.257 e. The Kier molecular flexibility index (Phi) is 5.60. The summed E-state index contributed by atoms with van der Waals surface area (Å²) in [4.78, 5) is 27.6. The second-order valence-corrected chi connectivity index (χ2v) is 11.5. The van der Waals surface area contributed by atoms with Crippen molar-refractivity contribution in [3.8, 4) is 0 Å². The second-order valence-electron chi connectivity index (χ2n) is 6.85. The van der Waals surface area contributed by atoms with Gasteiger partial charge in [0, 0.05) is 18.5 Å². The molecule has 0 radical (unpaired) electrons. The van der Waals surface area contributed by atoms with Crippen molar-refractivity contribution in [1.29, 1.82) is 0 Å². The molecule has 0 spiro atoms. The number of aromatic amines is 1. The summed E-state index contributed by atoms with van der Waals surface area (Å²) in [5.74, 6) is -0.485. The number of hydrogen-bond donors (Lipinski definition) is 2. The molecular weight excluding hydrogens is 478 g/mol. The van der Waals surface area contributed by atoms with Crippen molar-refractivity contribution in [3.05, 3.63) is 56.6 Å². The summed E-state index contributed by atoms with van der Waals surface area (Å²) in [5, 5.41) is 4.01. The molecule has 0 aliphatic carbocycles. The lowest BCUT2D eigenvalue weighted by Crippen LogP contribution is -2.43. The molecule has 1 amide bonds. The van der Waals surface area contributed by atoms with Gasteiger partial charge in [-0.25, -0.2) is 8.42 Å². The first-order valence-corrected chi connectivity index (χ1v) is 12.1. The molecule has 152 valence electrons. The number of carbonyl (C=O) groups excluding carboxylic acids is 1. The Morgan fingerprint density at radius 2 is 2.03 bits per heavy atom. The minimum Gasteiger partial charge on any atom is -0.312 e. The zero-order valence-electron chi connectivity index (χ0n) is 15.2. The Morgan fingerprint density at radius 3 is 2.79 bits per heavy atom. The van der Waals surface area contributed by atoms with Gasteiger partial charge < -0.3 is 10.3 Å². The van der Waals surface area contributed by atoms with E-state index in [1.54, 1.807) is 36.4 Å². The molecule has 1 aromatic carbocycles. The van der Waals surface area contributed by atoms with Gasteiger partial charge in [0.05, 0.1) is 9.70 Å². The molecule has 1 aliphatic rings. The number of halogens is 1. The van der Waals surface area contributed by atoms with E-state index in [2.05, 4.69) is 26.2 Å². The fourth-order valence-corrected chi connectivity index (χ4v) is 7.14. The molecular formula is C19H18BrN3O4S2. The number of amides is 1. The van der Waals surface area contributed by atoms with Crippen molar-refractivity contribution < 1.29 is 13.2 Å². The molecule has 0 bridgehead atoms. The van der Waals surface area contributed by atoms with E-state index in [0.717, 1.165) is 20.5 Å². The highest BCUT2D eigenvalue weighted by Gasteiger charge is 2.34. The molecule has 3 heterocycles. The van der Waals surface area contributed by atoms with Crippen LogP contribution in [0.25, 0.3) is 10.8 Å². The number of piperidine rings is 1. The fraction of sp³-hybridized carbons (Fsp3) is 0.263. The zero-order valence-corrected chi connectivity index (χ0v) is 18.4. The maximum atomic E-state index is 12.9. The molecule has 4 rings (SSSR count). The number of benzene rings is 1. The highest BCUT2D eigenvalue weighted by Crippen LogP contribution is 2.31. The first kappa shape index (κ1) is 20.3. The molecule has 10 heteroatoms. The molecule has 1 atom stereocenters. The number of sulfonamides is 1. The predicted molar refractivity (Wildman–Crippen MR) is 117 cm³/mol. The first-order valence-electron chi connectivity index (χ1n) is 9.03. The summed E-state index contributed by atoms with van der Waals surface area (Å²) in [7, 11) is -3.63. The van der Waals surface area contributed by atoms with Crippen LogP contribution in [0.15, 0.2) is 55.3 Å². The molecule has 2 aromatic heterocycles. The van der Waals surface area contributed by atoms with E-state index < -0.39 is 15.9 Å². The van der Waals surface area contributed by atoms with Crippen LogP contribution in [0.4, 0.5) is 5.82 Å². The lowest BCUT2D eigenvalue weighted by atomic mass is 9.99. The van der Waals surface area contributed by atoms with Crippen LogP contribution < -0.4 is 10.9 Å². The molecule has 2 N–H and O–H groups in total. The molecule has 7 nitrogen and oxygen atoms in total. The largest absolute Gasteiger partial charge is 0.312 e. The van der Waals surface area contributed by atoms with Gasteiger partial charge in [-0.2, -0.15) is 4.31 Å². The Bertz CT molecular complexity index is 1240. The van der Waals surface area contributed by atoms with Crippen LogP contribution in [0, 0.1) is 5.92 Å². The van der Waals surface area contributed by atoms with Crippen molar-refractivity contribution in [1.82, 2.24) is 9.29 Å². The summed E-state index contributed by atoms with van der Waals surface area (Å²) < 4.78 is 28.1. The van der Waals surface area contributed by atoms with E-state index in [9.17, 15) is 18.0 Å². The molecule has 1 saturated heterocycles. The minimum absolute atomic E-state index is 0.113. The lowest BCUT2D eigenvalue weighted by molar-refractivity contribution is -0.120. The summed E-state index contributed by atoms with van der Waals surface area (Å²) in [6.45, 7) is 0.496. The number of nitrogens with zero attached hydrogens (tertiary/aromatic N) is 1. The van der Waals surface area contributed by atoms with Gasteiger partial charge in [-0.15, -0.1) is 11.3 Å².